The van der Waals surface area contributed by atoms with Crippen LogP contribution in [0.25, 0.3) is 5.65 Å². The van der Waals surface area contributed by atoms with Crippen molar-refractivity contribution in [1.29, 1.82) is 0 Å². The van der Waals surface area contributed by atoms with Gasteiger partial charge in [-0.15, -0.1) is 0 Å². The number of aryl methyl sites for hydroxylation is 1. The lowest BCUT2D eigenvalue weighted by Crippen LogP contribution is -2.25. The Morgan fingerprint density at radius 3 is 2.61 bits per heavy atom. The van der Waals surface area contributed by atoms with Crippen molar-refractivity contribution in [3.63, 3.8) is 0 Å². The van der Waals surface area contributed by atoms with Gasteiger partial charge in [0, 0.05) is 25.4 Å². The van der Waals surface area contributed by atoms with Crippen LogP contribution in [-0.4, -0.2) is 20.8 Å². The van der Waals surface area contributed by atoms with E-state index in [1.807, 2.05) is 37.3 Å². The van der Waals surface area contributed by atoms with Crippen LogP contribution in [0.2, 0.25) is 0 Å². The second-order valence-electron chi connectivity index (χ2n) is 5.81. The van der Waals surface area contributed by atoms with E-state index in [0.717, 1.165) is 24.3 Å². The Kier molecular flexibility index (Phi) is 4.53. The number of pyridine rings is 1. The average Bonchev–Trinajstić information content (AvgIpc) is 2.54. The van der Waals surface area contributed by atoms with Crippen LogP contribution in [-0.2, 0) is 13.1 Å². The van der Waals surface area contributed by atoms with Crippen LogP contribution in [0, 0.1) is 6.92 Å². The molecule has 118 valence electrons. The predicted octanol–water partition coefficient (Wildman–Crippen LogP) is 3.03. The van der Waals surface area contributed by atoms with E-state index in [1.54, 1.807) is 16.7 Å². The highest BCUT2D eigenvalue weighted by Crippen LogP contribution is 2.09. The van der Waals surface area contributed by atoms with Crippen molar-refractivity contribution in [3.8, 4) is 0 Å². The van der Waals surface area contributed by atoms with Gasteiger partial charge in [-0.2, -0.15) is 0 Å². The van der Waals surface area contributed by atoms with Gasteiger partial charge in [-0.1, -0.05) is 37.3 Å². The lowest BCUT2D eigenvalue weighted by atomic mass is 10.2. The Morgan fingerprint density at radius 1 is 1.09 bits per heavy atom. The van der Waals surface area contributed by atoms with Crippen LogP contribution >= 0.6 is 0 Å². The standard InChI is InChI=1S/C19H21N3O/c1-3-21(13-16-7-5-4-6-8-16)14-17-12-19(23)22-10-9-15(2)11-18(22)20-17/h4-12H,3,13-14H2,1-2H3. The maximum absolute atomic E-state index is 12.2. The Labute approximate surface area is 136 Å². The first-order valence-corrected chi connectivity index (χ1v) is 7.91. The fourth-order valence-electron chi connectivity index (χ4n) is 2.68. The van der Waals surface area contributed by atoms with E-state index in [4.69, 9.17) is 0 Å². The molecule has 0 saturated carbocycles. The van der Waals surface area contributed by atoms with Crippen molar-refractivity contribution in [2.75, 3.05) is 6.54 Å². The highest BCUT2D eigenvalue weighted by molar-refractivity contribution is 5.41. The van der Waals surface area contributed by atoms with Gasteiger partial charge in [0.2, 0.25) is 0 Å². The fourth-order valence-corrected chi connectivity index (χ4v) is 2.68. The molecule has 3 aromatic rings. The third kappa shape index (κ3) is 3.66. The molecule has 23 heavy (non-hydrogen) atoms. The first kappa shape index (κ1) is 15.4. The van der Waals surface area contributed by atoms with Crippen LogP contribution in [0.15, 0.2) is 59.5 Å². The molecule has 0 fully saturated rings. The van der Waals surface area contributed by atoms with Gasteiger partial charge in [0.05, 0.1) is 5.69 Å². The molecule has 0 radical (unpaired) electrons. The van der Waals surface area contributed by atoms with Crippen molar-refractivity contribution in [3.05, 3.63) is 81.9 Å². The molecule has 1 aromatic carbocycles. The maximum Gasteiger partial charge on any atom is 0.258 e. The van der Waals surface area contributed by atoms with Gasteiger partial charge in [0.15, 0.2) is 0 Å². The van der Waals surface area contributed by atoms with Gasteiger partial charge in [0.1, 0.15) is 5.65 Å². The van der Waals surface area contributed by atoms with Crippen molar-refractivity contribution < 1.29 is 0 Å². The van der Waals surface area contributed by atoms with Gasteiger partial charge in [-0.3, -0.25) is 14.1 Å². The molecule has 0 atom stereocenters. The van der Waals surface area contributed by atoms with Gasteiger partial charge >= 0.3 is 0 Å². The molecule has 0 aliphatic rings. The summed E-state index contributed by atoms with van der Waals surface area (Å²) < 4.78 is 1.59. The minimum atomic E-state index is -0.0271. The normalized spacial score (nSPS) is 11.3. The van der Waals surface area contributed by atoms with Crippen LogP contribution in [0.1, 0.15) is 23.7 Å². The largest absolute Gasteiger partial charge is 0.294 e. The molecule has 0 spiro atoms. The zero-order chi connectivity index (χ0) is 16.2. The number of aromatic nitrogens is 2. The van der Waals surface area contributed by atoms with Gasteiger partial charge < -0.3 is 0 Å². The molecule has 4 nitrogen and oxygen atoms in total. The quantitative estimate of drug-likeness (QED) is 0.727. The molecular formula is C19H21N3O. The smallest absolute Gasteiger partial charge is 0.258 e. The topological polar surface area (TPSA) is 37.6 Å². The molecular weight excluding hydrogens is 286 g/mol. The number of hydrogen-bond donors (Lipinski definition) is 0. The summed E-state index contributed by atoms with van der Waals surface area (Å²) in [7, 11) is 0. The summed E-state index contributed by atoms with van der Waals surface area (Å²) in [5, 5.41) is 0. The number of rotatable bonds is 5. The maximum atomic E-state index is 12.2. The van der Waals surface area contributed by atoms with Crippen molar-refractivity contribution in [2.24, 2.45) is 0 Å². The summed E-state index contributed by atoms with van der Waals surface area (Å²) in [6.07, 6.45) is 1.78. The van der Waals surface area contributed by atoms with E-state index in [-0.39, 0.29) is 5.56 Å². The third-order valence-corrected chi connectivity index (χ3v) is 3.96. The molecule has 0 unspecified atom stereocenters. The summed E-state index contributed by atoms with van der Waals surface area (Å²) in [4.78, 5) is 19.2. The van der Waals surface area contributed by atoms with E-state index < -0.39 is 0 Å². The first-order chi connectivity index (χ1) is 11.2. The zero-order valence-corrected chi connectivity index (χ0v) is 13.6. The van der Waals surface area contributed by atoms with Crippen LogP contribution in [0.4, 0.5) is 0 Å². The minimum Gasteiger partial charge on any atom is -0.294 e. The minimum absolute atomic E-state index is 0.0271. The zero-order valence-electron chi connectivity index (χ0n) is 13.6. The molecule has 0 amide bonds. The van der Waals surface area contributed by atoms with Crippen LogP contribution in [0.3, 0.4) is 0 Å². The second-order valence-corrected chi connectivity index (χ2v) is 5.81. The molecule has 3 rings (SSSR count). The molecule has 0 aliphatic carbocycles. The van der Waals surface area contributed by atoms with Crippen LogP contribution in [0.5, 0.6) is 0 Å². The SMILES string of the molecule is CCN(Cc1ccccc1)Cc1cc(=O)n2ccc(C)cc2n1. The van der Waals surface area contributed by atoms with E-state index in [1.165, 1.54) is 5.56 Å². The monoisotopic (exact) mass is 307 g/mol. The summed E-state index contributed by atoms with van der Waals surface area (Å²) >= 11 is 0. The molecule has 0 bridgehead atoms. The first-order valence-electron chi connectivity index (χ1n) is 7.91. The molecule has 4 heteroatoms. The van der Waals surface area contributed by atoms with Crippen LogP contribution < -0.4 is 5.56 Å². The molecule has 2 aromatic heterocycles. The fraction of sp³-hybridized carbons (Fsp3) is 0.263. The average molecular weight is 307 g/mol. The van der Waals surface area contributed by atoms with Gasteiger partial charge in [0.25, 0.3) is 5.56 Å². The number of fused-ring (bicyclic) bond motifs is 1. The van der Waals surface area contributed by atoms with Crippen molar-refractivity contribution >= 4 is 5.65 Å². The van der Waals surface area contributed by atoms with E-state index in [9.17, 15) is 4.79 Å². The lowest BCUT2D eigenvalue weighted by Gasteiger charge is -2.20. The van der Waals surface area contributed by atoms with E-state index in [2.05, 4.69) is 28.9 Å². The number of nitrogens with zero attached hydrogens (tertiary/aromatic N) is 3. The lowest BCUT2D eigenvalue weighted by molar-refractivity contribution is 0.268. The Bertz CT molecular complexity index is 855. The highest BCUT2D eigenvalue weighted by atomic mass is 16.1. The molecule has 0 saturated heterocycles. The van der Waals surface area contributed by atoms with Gasteiger partial charge in [-0.05, 0) is 36.7 Å². The second kappa shape index (κ2) is 6.75. The highest BCUT2D eigenvalue weighted by Gasteiger charge is 2.08. The van der Waals surface area contributed by atoms with Gasteiger partial charge in [-0.25, -0.2) is 4.98 Å². The summed E-state index contributed by atoms with van der Waals surface area (Å²) in [5.41, 5.74) is 3.87. The Hall–Kier alpha value is -2.46. The molecule has 0 aliphatic heterocycles. The van der Waals surface area contributed by atoms with Crippen molar-refractivity contribution in [1.82, 2.24) is 14.3 Å². The number of hydrogen-bond acceptors (Lipinski definition) is 3. The van der Waals surface area contributed by atoms with Crippen molar-refractivity contribution in [2.45, 2.75) is 26.9 Å². The summed E-state index contributed by atoms with van der Waals surface area (Å²) in [5.74, 6) is 0. The summed E-state index contributed by atoms with van der Waals surface area (Å²) in [6.45, 7) is 6.56. The van der Waals surface area contributed by atoms with E-state index in [0.29, 0.717) is 12.2 Å². The summed E-state index contributed by atoms with van der Waals surface area (Å²) in [6, 6.07) is 15.9. The number of benzene rings is 1. The Morgan fingerprint density at radius 2 is 1.87 bits per heavy atom. The predicted molar refractivity (Wildman–Crippen MR) is 92.4 cm³/mol. The van der Waals surface area contributed by atoms with E-state index >= 15 is 0 Å². The molecule has 2 heterocycles. The Balaban J connectivity index is 1.86. The molecule has 0 N–H and O–H groups in total. The third-order valence-electron chi connectivity index (χ3n) is 3.96.